The SMILES string of the molecule is c1ccc(-n2c3ccccc3c3cc(-c4cccc(-c5cccc(-n6c7ccccc7c7ccc8c9ccccc9sc8c76)c5)c4)ccc32)cc1.c1ccc(-n2c3ccccc3c3ccc(-c4ccc(-n5c6ccccc6c6ccc7c8ccccc8sc7c65)cc4)cc32)cc1.c1ccc2c(c1)oc1c(-c3ccc(-n4c5cc(-n6c7ccccc7c7ccccc76)ccc5c5ccc6c7ccccc7sc6c54)cc3)cccc12. The van der Waals surface area contributed by atoms with Gasteiger partial charge in [0.25, 0.3) is 0 Å². The van der Waals surface area contributed by atoms with Crippen LogP contribution in [0.1, 0.15) is 0 Å². The molecule has 0 aliphatic rings. The van der Waals surface area contributed by atoms with Crippen LogP contribution in [0.2, 0.25) is 0 Å². The van der Waals surface area contributed by atoms with E-state index in [0.29, 0.717) is 0 Å². The number of thiophene rings is 3. The molecule has 148 heavy (non-hydrogen) atoms. The van der Waals surface area contributed by atoms with Gasteiger partial charge in [-0.3, -0.25) is 0 Å². The second-order valence-corrected chi connectivity index (χ2v) is 41.9. The van der Waals surface area contributed by atoms with E-state index >= 15 is 0 Å². The molecule has 0 fully saturated rings. The summed E-state index contributed by atoms with van der Waals surface area (Å²) in [7, 11) is 0. The van der Waals surface area contributed by atoms with Crippen molar-refractivity contribution in [2.75, 3.05) is 0 Å². The molecule has 0 bridgehead atoms. The second-order valence-electron chi connectivity index (χ2n) is 38.8. The average Bonchev–Trinajstić information content (AvgIpc) is 1.52. The molecule has 0 aliphatic carbocycles. The van der Waals surface area contributed by atoms with Crippen molar-refractivity contribution >= 4 is 247 Å². The highest BCUT2D eigenvalue weighted by Gasteiger charge is 2.27. The zero-order chi connectivity index (χ0) is 96.9. The minimum absolute atomic E-state index is 0.915. The van der Waals surface area contributed by atoms with E-state index < -0.39 is 0 Å². The van der Waals surface area contributed by atoms with Crippen molar-refractivity contribution in [1.82, 2.24) is 27.4 Å². The van der Waals surface area contributed by atoms with Gasteiger partial charge in [-0.2, -0.15) is 0 Å². The quantitative estimate of drug-likeness (QED) is 0.135. The first kappa shape index (κ1) is 83.9. The topological polar surface area (TPSA) is 42.7 Å². The molecule has 690 valence electrons. The molecule has 0 spiro atoms. The van der Waals surface area contributed by atoms with Crippen LogP contribution in [0.15, 0.2) is 514 Å². The Morgan fingerprint density at radius 3 is 0.946 bits per heavy atom. The fourth-order valence-electron chi connectivity index (χ4n) is 24.2. The lowest BCUT2D eigenvalue weighted by atomic mass is 9.97. The van der Waals surface area contributed by atoms with Crippen LogP contribution in [0, 0.1) is 0 Å². The van der Waals surface area contributed by atoms with Crippen LogP contribution in [0.5, 0.6) is 0 Å². The van der Waals surface area contributed by atoms with Gasteiger partial charge < -0.3 is 31.8 Å². The minimum atomic E-state index is 0.915. The van der Waals surface area contributed by atoms with Crippen molar-refractivity contribution in [3.05, 3.63) is 510 Å². The van der Waals surface area contributed by atoms with E-state index in [2.05, 4.69) is 525 Å². The van der Waals surface area contributed by atoms with E-state index in [1.807, 2.05) is 46.1 Å². The van der Waals surface area contributed by atoms with Crippen molar-refractivity contribution in [1.29, 1.82) is 0 Å². The third-order valence-corrected chi connectivity index (χ3v) is 34.3. The largest absolute Gasteiger partial charge is 0.455 e. The first-order valence-corrected chi connectivity index (χ1v) is 52.9. The van der Waals surface area contributed by atoms with Gasteiger partial charge >= 0.3 is 0 Å². The molecular formula is C138H84N6OS3. The highest BCUT2D eigenvalue weighted by atomic mass is 32.1. The Morgan fingerprint density at radius 1 is 0.142 bits per heavy atom. The van der Waals surface area contributed by atoms with Crippen LogP contribution < -0.4 is 0 Å². The van der Waals surface area contributed by atoms with Gasteiger partial charge in [-0.1, -0.05) is 352 Å². The summed E-state index contributed by atoms with van der Waals surface area (Å²) in [4.78, 5) is 0. The molecule has 0 saturated heterocycles. The molecule has 10 heterocycles. The predicted octanol–water partition coefficient (Wildman–Crippen LogP) is 39.3. The molecule has 0 unspecified atom stereocenters. The summed E-state index contributed by atoms with van der Waals surface area (Å²) in [6, 6.07) is 186. The molecule has 0 radical (unpaired) electrons. The van der Waals surface area contributed by atoms with E-state index in [4.69, 9.17) is 4.42 Å². The van der Waals surface area contributed by atoms with Gasteiger partial charge in [0.1, 0.15) is 11.2 Å². The summed E-state index contributed by atoms with van der Waals surface area (Å²) in [5.41, 5.74) is 33.1. The van der Waals surface area contributed by atoms with E-state index in [-0.39, 0.29) is 0 Å². The zero-order valence-electron chi connectivity index (χ0n) is 79.8. The van der Waals surface area contributed by atoms with Crippen LogP contribution in [0.3, 0.4) is 0 Å². The molecule has 0 aliphatic heterocycles. The molecule has 33 aromatic rings. The fourth-order valence-corrected chi connectivity index (χ4v) is 27.9. The highest BCUT2D eigenvalue weighted by Crippen LogP contribution is 2.51. The van der Waals surface area contributed by atoms with Gasteiger partial charge in [0.15, 0.2) is 0 Å². The summed E-state index contributed by atoms with van der Waals surface area (Å²) in [5, 5.41) is 25.5. The Balaban J connectivity index is 0.000000101. The monoisotopic (exact) mass is 1940 g/mol. The maximum Gasteiger partial charge on any atom is 0.143 e. The third-order valence-electron chi connectivity index (χ3n) is 30.8. The summed E-state index contributed by atoms with van der Waals surface area (Å²) in [6.45, 7) is 0. The number of nitrogens with zero attached hydrogens (tertiary/aromatic N) is 6. The molecule has 0 amide bonds. The number of benzene rings is 23. The van der Waals surface area contributed by atoms with Crippen molar-refractivity contribution in [3.63, 3.8) is 0 Å². The van der Waals surface area contributed by atoms with Crippen LogP contribution in [0.4, 0.5) is 0 Å². The molecule has 23 aromatic carbocycles. The molecule has 7 nitrogen and oxygen atoms in total. The Morgan fingerprint density at radius 2 is 0.432 bits per heavy atom. The van der Waals surface area contributed by atoms with Crippen molar-refractivity contribution in [2.24, 2.45) is 0 Å². The lowest BCUT2D eigenvalue weighted by Crippen LogP contribution is -1.97. The second kappa shape index (κ2) is 33.5. The molecule has 33 rings (SSSR count). The van der Waals surface area contributed by atoms with E-state index in [1.165, 1.54) is 247 Å². The van der Waals surface area contributed by atoms with Crippen molar-refractivity contribution in [3.8, 4) is 78.6 Å². The number of aromatic nitrogens is 6. The number of furan rings is 1. The highest BCUT2D eigenvalue weighted by molar-refractivity contribution is 7.27. The number of fused-ring (bicyclic) bond motifs is 33. The summed E-state index contributed by atoms with van der Waals surface area (Å²) in [5.74, 6) is 0. The molecule has 0 saturated carbocycles. The Hall–Kier alpha value is -18.7. The predicted molar refractivity (Wildman–Crippen MR) is 633 cm³/mol. The van der Waals surface area contributed by atoms with Crippen molar-refractivity contribution < 1.29 is 4.42 Å². The fraction of sp³-hybridized carbons (Fsp3) is 0. The lowest BCUT2D eigenvalue weighted by Gasteiger charge is -2.12. The zero-order valence-corrected chi connectivity index (χ0v) is 82.3. The third kappa shape index (κ3) is 13.0. The van der Waals surface area contributed by atoms with Crippen molar-refractivity contribution in [2.45, 2.75) is 0 Å². The maximum absolute atomic E-state index is 6.44. The first-order valence-electron chi connectivity index (χ1n) is 50.5. The average molecular weight is 1940 g/mol. The Labute approximate surface area is 860 Å². The maximum atomic E-state index is 6.44. The minimum Gasteiger partial charge on any atom is -0.455 e. The standard InChI is InChI=1S/C48H28N2OS.C48H30N2S.C42H26N2S/c1-5-16-41-33(10-1)34-11-2-6-17-42(34)49(41)31-24-25-35-38-26-27-40-37-13-4-8-19-45(37)52-48(40)46(38)50(43(35)28-31)30-22-20-29(21-23-30)32-14-9-15-39-36-12-3-7-18-44(36)51-47(32)39;1-2-15-35(16-3-1)49-43-21-7-5-19-38(43)42-30-34(24-27-45(42)49)32-13-10-12-31(28-32)33-14-11-17-36(29-33)50-44-22-8-4-18-37(44)40-25-26-41-39-20-6-9-23-46(39)51-48(41)47(40)50;1-2-10-29(11-3-1)43-37-15-7-4-12-31(37)33-23-20-28(26-39(33)43)27-18-21-30(22-19-27)44-38-16-8-5-13-32(38)35-24-25-36-34-14-6-9-17-40(34)45-42(36)41(35)44/h1-28H;1-30H;1-26H. The summed E-state index contributed by atoms with van der Waals surface area (Å²) in [6.07, 6.45) is 0. The summed E-state index contributed by atoms with van der Waals surface area (Å²) >= 11 is 5.67. The van der Waals surface area contributed by atoms with Crippen LogP contribution in [0.25, 0.3) is 292 Å². The molecule has 10 heteroatoms. The number of para-hydroxylation sites is 10. The molecule has 10 aromatic heterocycles. The molecule has 0 N–H and O–H groups in total. The van der Waals surface area contributed by atoms with Gasteiger partial charge in [0.2, 0.25) is 0 Å². The Kier molecular flexibility index (Phi) is 19.0. The number of rotatable bonds is 10. The van der Waals surface area contributed by atoms with Gasteiger partial charge in [-0.25, -0.2) is 0 Å². The van der Waals surface area contributed by atoms with Gasteiger partial charge in [0, 0.05) is 162 Å². The van der Waals surface area contributed by atoms with Gasteiger partial charge in [-0.15, -0.1) is 34.0 Å². The van der Waals surface area contributed by atoms with E-state index in [0.717, 1.165) is 44.4 Å². The van der Waals surface area contributed by atoms with Gasteiger partial charge in [-0.05, 0) is 197 Å². The van der Waals surface area contributed by atoms with Crippen LogP contribution in [-0.2, 0) is 0 Å². The Bertz CT molecular complexity index is 11200. The molecule has 0 atom stereocenters. The van der Waals surface area contributed by atoms with Gasteiger partial charge in [0.05, 0.1) is 80.3 Å². The normalized spacial score (nSPS) is 12.1. The lowest BCUT2D eigenvalue weighted by molar-refractivity contribution is 0.670. The number of hydrogen-bond acceptors (Lipinski definition) is 4. The van der Waals surface area contributed by atoms with Crippen LogP contribution in [-0.4, -0.2) is 27.4 Å². The summed E-state index contributed by atoms with van der Waals surface area (Å²) < 4.78 is 29.0. The first-order chi connectivity index (χ1) is 73.4. The number of hydrogen-bond donors (Lipinski definition) is 0. The van der Waals surface area contributed by atoms with Crippen LogP contribution >= 0.6 is 34.0 Å². The van der Waals surface area contributed by atoms with E-state index in [9.17, 15) is 0 Å². The smallest absolute Gasteiger partial charge is 0.143 e. The van der Waals surface area contributed by atoms with E-state index in [1.54, 1.807) is 0 Å². The molecular weight excluding hydrogens is 1850 g/mol.